The van der Waals surface area contributed by atoms with Crippen LogP contribution in [-0.2, 0) is 9.59 Å². The fourth-order valence-corrected chi connectivity index (χ4v) is 4.90. The van der Waals surface area contributed by atoms with Crippen LogP contribution < -0.4 is 15.5 Å². The van der Waals surface area contributed by atoms with Crippen molar-refractivity contribution >= 4 is 35.2 Å². The Kier molecular flexibility index (Phi) is 6.03. The van der Waals surface area contributed by atoms with Crippen molar-refractivity contribution in [1.29, 1.82) is 0 Å². The summed E-state index contributed by atoms with van der Waals surface area (Å²) in [6.45, 7) is 0.525. The normalized spacial score (nSPS) is 18.1. The Bertz CT molecular complexity index is 980. The third kappa shape index (κ3) is 4.33. The van der Waals surface area contributed by atoms with E-state index >= 15 is 0 Å². The van der Waals surface area contributed by atoms with E-state index in [-0.39, 0.29) is 36.1 Å². The average molecular weight is 428 g/mol. The predicted octanol–water partition coefficient (Wildman–Crippen LogP) is 3.04. The van der Waals surface area contributed by atoms with E-state index in [0.29, 0.717) is 29.8 Å². The molecule has 2 N–H and O–H groups in total. The zero-order chi connectivity index (χ0) is 21.1. The molecule has 0 aromatic heterocycles. The smallest absolute Gasteiger partial charge is 0.251 e. The van der Waals surface area contributed by atoms with Gasteiger partial charge in [0.15, 0.2) is 0 Å². The van der Waals surface area contributed by atoms with Crippen LogP contribution in [0.3, 0.4) is 0 Å². The summed E-state index contributed by atoms with van der Waals surface area (Å²) in [4.78, 5) is 38.8. The van der Waals surface area contributed by atoms with E-state index in [9.17, 15) is 18.8 Å². The second-order valence-corrected chi connectivity index (χ2v) is 8.40. The number of amides is 3. The Morgan fingerprint density at radius 3 is 2.70 bits per heavy atom. The summed E-state index contributed by atoms with van der Waals surface area (Å²) in [5, 5.41) is 5.49. The van der Waals surface area contributed by atoms with E-state index in [0.717, 1.165) is 23.4 Å². The number of thioether (sulfide) groups is 1. The maximum Gasteiger partial charge on any atom is 0.251 e. The van der Waals surface area contributed by atoms with Crippen LogP contribution in [0.2, 0.25) is 0 Å². The molecule has 2 heterocycles. The highest BCUT2D eigenvalue weighted by Gasteiger charge is 2.25. The van der Waals surface area contributed by atoms with Crippen molar-refractivity contribution in [2.75, 3.05) is 23.7 Å². The second kappa shape index (κ2) is 8.87. The number of benzene rings is 2. The van der Waals surface area contributed by atoms with Crippen molar-refractivity contribution in [2.24, 2.45) is 0 Å². The lowest BCUT2D eigenvalue weighted by Gasteiger charge is -2.26. The van der Waals surface area contributed by atoms with Gasteiger partial charge in [-0.15, -0.1) is 11.8 Å². The number of hydrogen-bond donors (Lipinski definition) is 2. The summed E-state index contributed by atoms with van der Waals surface area (Å²) in [6.07, 6.45) is 2.10. The first-order valence-corrected chi connectivity index (χ1v) is 10.9. The molecule has 1 fully saturated rings. The summed E-state index contributed by atoms with van der Waals surface area (Å²) < 4.78 is 14.0. The standard InChI is InChI=1S/C22H22FN3O3S/c23-17-4-1-3-16-18(10-12-30-21(16)17)25-19(27)13-24-22(29)14-6-8-15(9-7-14)26-11-2-5-20(26)28/h1,3-4,6-9,18H,2,5,10-13H2,(H,24,29)(H,25,27)/t18-/m1/s1. The molecule has 2 aromatic carbocycles. The molecule has 2 aliphatic rings. The minimum absolute atomic E-state index is 0.0893. The quantitative estimate of drug-likeness (QED) is 0.769. The number of nitrogens with zero attached hydrogens (tertiary/aromatic N) is 1. The van der Waals surface area contributed by atoms with Gasteiger partial charge in [0, 0.05) is 34.9 Å². The van der Waals surface area contributed by atoms with Crippen LogP contribution in [0.4, 0.5) is 10.1 Å². The Morgan fingerprint density at radius 1 is 1.17 bits per heavy atom. The molecule has 3 amide bonds. The molecule has 2 aliphatic heterocycles. The van der Waals surface area contributed by atoms with Gasteiger partial charge in [-0.1, -0.05) is 12.1 Å². The van der Waals surface area contributed by atoms with Gasteiger partial charge in [-0.05, 0) is 48.7 Å². The maximum absolute atomic E-state index is 14.0. The highest BCUT2D eigenvalue weighted by Crippen LogP contribution is 2.37. The topological polar surface area (TPSA) is 78.5 Å². The number of fused-ring (bicyclic) bond motifs is 1. The highest BCUT2D eigenvalue weighted by atomic mass is 32.2. The van der Waals surface area contributed by atoms with Gasteiger partial charge in [0.25, 0.3) is 5.91 Å². The largest absolute Gasteiger partial charge is 0.348 e. The van der Waals surface area contributed by atoms with Crippen LogP contribution >= 0.6 is 11.8 Å². The molecular weight excluding hydrogens is 405 g/mol. The predicted molar refractivity (Wildman–Crippen MR) is 113 cm³/mol. The van der Waals surface area contributed by atoms with E-state index in [1.165, 1.54) is 17.8 Å². The third-order valence-corrected chi connectivity index (χ3v) is 6.44. The first kappa shape index (κ1) is 20.4. The molecule has 8 heteroatoms. The van der Waals surface area contributed by atoms with Gasteiger partial charge in [0.1, 0.15) is 5.82 Å². The van der Waals surface area contributed by atoms with Crippen molar-refractivity contribution < 1.29 is 18.8 Å². The van der Waals surface area contributed by atoms with Gasteiger partial charge in [-0.2, -0.15) is 0 Å². The minimum atomic E-state index is -0.366. The van der Waals surface area contributed by atoms with Crippen LogP contribution in [0.5, 0.6) is 0 Å². The molecule has 0 saturated carbocycles. The summed E-state index contributed by atoms with van der Waals surface area (Å²) in [6, 6.07) is 11.4. The van der Waals surface area contributed by atoms with E-state index in [1.54, 1.807) is 35.2 Å². The maximum atomic E-state index is 14.0. The number of anilines is 1. The van der Waals surface area contributed by atoms with Gasteiger partial charge in [0.2, 0.25) is 11.8 Å². The monoisotopic (exact) mass is 427 g/mol. The number of nitrogens with one attached hydrogen (secondary N) is 2. The molecule has 6 nitrogen and oxygen atoms in total. The molecule has 0 radical (unpaired) electrons. The fraction of sp³-hybridized carbons (Fsp3) is 0.318. The molecule has 156 valence electrons. The third-order valence-electron chi connectivity index (χ3n) is 5.29. The number of carbonyl (C=O) groups is 3. The van der Waals surface area contributed by atoms with Gasteiger partial charge < -0.3 is 15.5 Å². The lowest BCUT2D eigenvalue weighted by atomic mass is 10.0. The fourth-order valence-electron chi connectivity index (χ4n) is 3.76. The molecule has 4 rings (SSSR count). The van der Waals surface area contributed by atoms with Crippen LogP contribution in [0.15, 0.2) is 47.4 Å². The SMILES string of the molecule is O=C(CNC(=O)c1ccc(N2CCCC2=O)cc1)N[C@@H]1CCSc2c(F)cccc21. The van der Waals surface area contributed by atoms with Gasteiger partial charge in [-0.25, -0.2) is 4.39 Å². The molecule has 1 atom stereocenters. The average Bonchev–Trinajstić information content (AvgIpc) is 3.19. The van der Waals surface area contributed by atoms with E-state index in [2.05, 4.69) is 10.6 Å². The first-order chi connectivity index (χ1) is 14.5. The Labute approximate surface area is 178 Å². The lowest BCUT2D eigenvalue weighted by molar-refractivity contribution is -0.121. The minimum Gasteiger partial charge on any atom is -0.348 e. The van der Waals surface area contributed by atoms with E-state index < -0.39 is 0 Å². The van der Waals surface area contributed by atoms with E-state index in [1.807, 2.05) is 6.07 Å². The molecule has 0 bridgehead atoms. The first-order valence-electron chi connectivity index (χ1n) is 9.92. The molecule has 2 aromatic rings. The van der Waals surface area contributed by atoms with Gasteiger partial charge >= 0.3 is 0 Å². The number of halogens is 1. The summed E-state index contributed by atoms with van der Waals surface area (Å²) in [7, 11) is 0. The summed E-state index contributed by atoms with van der Waals surface area (Å²) in [5.74, 6) is -0.156. The Morgan fingerprint density at radius 2 is 1.97 bits per heavy atom. The zero-order valence-electron chi connectivity index (χ0n) is 16.3. The number of hydrogen-bond acceptors (Lipinski definition) is 4. The van der Waals surface area contributed by atoms with E-state index in [4.69, 9.17) is 0 Å². The molecule has 30 heavy (non-hydrogen) atoms. The molecule has 0 spiro atoms. The highest BCUT2D eigenvalue weighted by molar-refractivity contribution is 7.99. The summed E-state index contributed by atoms with van der Waals surface area (Å²) >= 11 is 1.45. The lowest BCUT2D eigenvalue weighted by Crippen LogP contribution is -2.39. The van der Waals surface area contributed by atoms with Gasteiger partial charge in [-0.3, -0.25) is 14.4 Å². The van der Waals surface area contributed by atoms with Crippen molar-refractivity contribution in [1.82, 2.24) is 10.6 Å². The molecular formula is C22H22FN3O3S. The van der Waals surface area contributed by atoms with Crippen molar-refractivity contribution in [3.8, 4) is 0 Å². The molecule has 1 saturated heterocycles. The molecule has 0 aliphatic carbocycles. The summed E-state index contributed by atoms with van der Waals surface area (Å²) in [5.41, 5.74) is 1.96. The van der Waals surface area contributed by atoms with Gasteiger partial charge in [0.05, 0.1) is 12.6 Å². The van der Waals surface area contributed by atoms with Crippen LogP contribution in [0, 0.1) is 5.82 Å². The van der Waals surface area contributed by atoms with Crippen molar-refractivity contribution in [3.63, 3.8) is 0 Å². The molecule has 0 unspecified atom stereocenters. The second-order valence-electron chi connectivity index (χ2n) is 7.29. The Hall–Kier alpha value is -2.87. The van der Waals surface area contributed by atoms with Crippen LogP contribution in [0.1, 0.15) is 41.2 Å². The zero-order valence-corrected chi connectivity index (χ0v) is 17.1. The number of rotatable bonds is 5. The van der Waals surface area contributed by atoms with Crippen molar-refractivity contribution in [2.45, 2.75) is 30.2 Å². The number of carbonyl (C=O) groups excluding carboxylic acids is 3. The van der Waals surface area contributed by atoms with Crippen molar-refractivity contribution in [3.05, 3.63) is 59.4 Å². The van der Waals surface area contributed by atoms with Crippen LogP contribution in [-0.4, -0.2) is 36.6 Å². The van der Waals surface area contributed by atoms with Crippen LogP contribution in [0.25, 0.3) is 0 Å². The Balaban J connectivity index is 1.32.